The van der Waals surface area contributed by atoms with E-state index in [4.69, 9.17) is 5.73 Å². The summed E-state index contributed by atoms with van der Waals surface area (Å²) in [6.45, 7) is 4.64. The molecule has 0 radical (unpaired) electrons. The molecule has 3 saturated carbocycles. The van der Waals surface area contributed by atoms with Crippen molar-refractivity contribution in [1.82, 2.24) is 5.32 Å². The Kier molecular flexibility index (Phi) is 3.20. The molecule has 126 valence electrons. The van der Waals surface area contributed by atoms with Gasteiger partial charge in [0.2, 0.25) is 11.8 Å². The molecule has 0 spiro atoms. The molecule has 4 aliphatic rings. The molecule has 1 aliphatic heterocycles. The van der Waals surface area contributed by atoms with Gasteiger partial charge >= 0.3 is 0 Å². The zero-order valence-electron chi connectivity index (χ0n) is 14.2. The molecule has 1 heterocycles. The number of nitrogens with two attached hydrogens (primary N) is 1. The Labute approximate surface area is 138 Å². The number of primary amides is 1. The summed E-state index contributed by atoms with van der Waals surface area (Å²) in [7, 11) is 0. The Morgan fingerprint density at radius 3 is 2.70 bits per heavy atom. The van der Waals surface area contributed by atoms with Crippen molar-refractivity contribution in [2.24, 2.45) is 40.2 Å². The maximum atomic E-state index is 11.9. The highest BCUT2D eigenvalue weighted by Crippen LogP contribution is 2.64. The van der Waals surface area contributed by atoms with Crippen LogP contribution in [0, 0.1) is 34.5 Å². The van der Waals surface area contributed by atoms with Crippen LogP contribution >= 0.6 is 0 Å². The molecule has 0 aromatic rings. The topological polar surface area (TPSA) is 72.2 Å². The van der Waals surface area contributed by atoms with Crippen LogP contribution in [0.5, 0.6) is 0 Å². The number of rotatable bonds is 1. The maximum absolute atomic E-state index is 11.9. The van der Waals surface area contributed by atoms with Gasteiger partial charge < -0.3 is 11.1 Å². The zero-order valence-corrected chi connectivity index (χ0v) is 14.2. The molecule has 3 fully saturated rings. The van der Waals surface area contributed by atoms with Crippen LogP contribution in [0.3, 0.4) is 0 Å². The first kappa shape index (κ1) is 15.2. The molecular formula is C19H28N2O2. The minimum atomic E-state index is -0.0989. The highest BCUT2D eigenvalue weighted by Gasteiger charge is 2.60. The standard InChI is InChI=1S/C19H28N2O2/c1-18-9-7-13-11(12(18)4-5-14(18)17(20)23)3-6-15-19(13,2)10-8-16(22)21-15/h8,10-15H,3-7,9H2,1-2H3,(H2,20,23)(H,21,22)/t11-,12-,13-,14+,15?,18-,19+/m0/s1. The molecule has 3 aliphatic carbocycles. The number of amides is 2. The van der Waals surface area contributed by atoms with Crippen molar-refractivity contribution in [3.8, 4) is 0 Å². The second-order valence-electron chi connectivity index (χ2n) is 8.79. The first-order valence-electron chi connectivity index (χ1n) is 9.15. The van der Waals surface area contributed by atoms with Gasteiger partial charge in [-0.2, -0.15) is 0 Å². The van der Waals surface area contributed by atoms with E-state index in [2.05, 4.69) is 25.2 Å². The summed E-state index contributed by atoms with van der Waals surface area (Å²) < 4.78 is 0. The van der Waals surface area contributed by atoms with Crippen molar-refractivity contribution in [3.05, 3.63) is 12.2 Å². The predicted octanol–water partition coefficient (Wildman–Crippen LogP) is 2.39. The molecule has 0 saturated heterocycles. The van der Waals surface area contributed by atoms with Gasteiger partial charge in [0.25, 0.3) is 0 Å². The summed E-state index contributed by atoms with van der Waals surface area (Å²) in [5.41, 5.74) is 5.88. The van der Waals surface area contributed by atoms with Gasteiger partial charge in [-0.25, -0.2) is 0 Å². The summed E-state index contributed by atoms with van der Waals surface area (Å²) >= 11 is 0. The number of nitrogens with one attached hydrogen (secondary N) is 1. The van der Waals surface area contributed by atoms with Gasteiger partial charge in [-0.05, 0) is 67.8 Å². The van der Waals surface area contributed by atoms with Gasteiger partial charge in [-0.1, -0.05) is 19.9 Å². The monoisotopic (exact) mass is 316 g/mol. The van der Waals surface area contributed by atoms with Crippen LogP contribution in [0.15, 0.2) is 12.2 Å². The van der Waals surface area contributed by atoms with Gasteiger partial charge in [0, 0.05) is 17.4 Å². The second-order valence-corrected chi connectivity index (χ2v) is 8.79. The normalized spacial score (nSPS) is 51.4. The van der Waals surface area contributed by atoms with E-state index in [9.17, 15) is 9.59 Å². The third-order valence-corrected chi connectivity index (χ3v) is 8.03. The first-order valence-corrected chi connectivity index (χ1v) is 9.15. The Bertz CT molecular complexity index is 586. The van der Waals surface area contributed by atoms with Gasteiger partial charge in [0.1, 0.15) is 0 Å². The molecular weight excluding hydrogens is 288 g/mol. The van der Waals surface area contributed by atoms with Crippen LogP contribution < -0.4 is 11.1 Å². The number of carbonyl (C=O) groups excluding carboxylic acids is 2. The average molecular weight is 316 g/mol. The largest absolute Gasteiger partial charge is 0.369 e. The molecule has 7 atom stereocenters. The van der Waals surface area contributed by atoms with E-state index in [1.807, 2.05) is 0 Å². The fourth-order valence-corrected chi connectivity index (χ4v) is 6.80. The van der Waals surface area contributed by atoms with Crippen LogP contribution in [-0.4, -0.2) is 17.9 Å². The Hall–Kier alpha value is -1.32. The maximum Gasteiger partial charge on any atom is 0.243 e. The fraction of sp³-hybridized carbons (Fsp3) is 0.789. The Balaban J connectivity index is 1.66. The van der Waals surface area contributed by atoms with E-state index in [0.29, 0.717) is 17.8 Å². The van der Waals surface area contributed by atoms with Crippen LogP contribution in [-0.2, 0) is 9.59 Å². The van der Waals surface area contributed by atoms with Crippen molar-refractivity contribution in [2.75, 3.05) is 0 Å². The van der Waals surface area contributed by atoms with Crippen molar-refractivity contribution < 1.29 is 9.59 Å². The van der Waals surface area contributed by atoms with Gasteiger partial charge in [-0.3, -0.25) is 9.59 Å². The van der Waals surface area contributed by atoms with Gasteiger partial charge in [-0.15, -0.1) is 0 Å². The predicted molar refractivity (Wildman–Crippen MR) is 88.1 cm³/mol. The molecule has 0 aromatic carbocycles. The van der Waals surface area contributed by atoms with Gasteiger partial charge in [0.15, 0.2) is 0 Å². The molecule has 0 bridgehead atoms. The lowest BCUT2D eigenvalue weighted by atomic mass is 9.48. The Morgan fingerprint density at radius 1 is 1.17 bits per heavy atom. The second kappa shape index (κ2) is 4.84. The summed E-state index contributed by atoms with van der Waals surface area (Å²) in [4.78, 5) is 23.6. The van der Waals surface area contributed by atoms with Crippen molar-refractivity contribution in [1.29, 1.82) is 0 Å². The average Bonchev–Trinajstić information content (AvgIpc) is 2.85. The Morgan fingerprint density at radius 2 is 1.96 bits per heavy atom. The summed E-state index contributed by atoms with van der Waals surface area (Å²) in [6, 6.07) is 0.277. The number of carbonyl (C=O) groups is 2. The third-order valence-electron chi connectivity index (χ3n) is 8.03. The van der Waals surface area contributed by atoms with Crippen molar-refractivity contribution >= 4 is 11.8 Å². The molecule has 0 aromatic heterocycles. The van der Waals surface area contributed by atoms with E-state index >= 15 is 0 Å². The number of fused-ring (bicyclic) bond motifs is 5. The van der Waals surface area contributed by atoms with Crippen LogP contribution in [0.2, 0.25) is 0 Å². The number of hydrogen-bond donors (Lipinski definition) is 2. The molecule has 23 heavy (non-hydrogen) atoms. The third kappa shape index (κ3) is 1.96. The summed E-state index contributed by atoms with van der Waals surface area (Å²) in [5, 5.41) is 3.19. The summed E-state index contributed by atoms with van der Waals surface area (Å²) in [6.07, 6.45) is 10.5. The van der Waals surface area contributed by atoms with E-state index < -0.39 is 0 Å². The molecule has 4 heteroatoms. The van der Waals surface area contributed by atoms with E-state index in [1.165, 1.54) is 6.42 Å². The lowest BCUT2D eigenvalue weighted by Crippen LogP contribution is -2.59. The molecule has 2 amide bonds. The lowest BCUT2D eigenvalue weighted by Gasteiger charge is -2.58. The number of hydrogen-bond acceptors (Lipinski definition) is 2. The molecule has 3 N–H and O–H groups in total. The smallest absolute Gasteiger partial charge is 0.243 e. The highest BCUT2D eigenvalue weighted by molar-refractivity contribution is 5.89. The highest BCUT2D eigenvalue weighted by atomic mass is 16.2. The van der Waals surface area contributed by atoms with Crippen LogP contribution in [0.1, 0.15) is 52.4 Å². The van der Waals surface area contributed by atoms with E-state index in [-0.39, 0.29) is 34.6 Å². The molecule has 1 unspecified atom stereocenters. The van der Waals surface area contributed by atoms with Crippen molar-refractivity contribution in [2.45, 2.75) is 58.4 Å². The minimum absolute atomic E-state index is 0.0561. The van der Waals surface area contributed by atoms with Crippen LogP contribution in [0.4, 0.5) is 0 Å². The molecule has 4 nitrogen and oxygen atoms in total. The lowest BCUT2D eigenvalue weighted by molar-refractivity contribution is -0.131. The minimum Gasteiger partial charge on any atom is -0.369 e. The van der Waals surface area contributed by atoms with E-state index in [1.54, 1.807) is 6.08 Å². The van der Waals surface area contributed by atoms with Crippen LogP contribution in [0.25, 0.3) is 0 Å². The summed E-state index contributed by atoms with van der Waals surface area (Å²) in [5.74, 6) is 1.91. The quantitative estimate of drug-likeness (QED) is 0.779. The first-order chi connectivity index (χ1) is 10.9. The van der Waals surface area contributed by atoms with E-state index in [0.717, 1.165) is 32.1 Å². The zero-order chi connectivity index (χ0) is 16.4. The van der Waals surface area contributed by atoms with Gasteiger partial charge in [0.05, 0.1) is 0 Å². The molecule has 4 rings (SSSR count). The van der Waals surface area contributed by atoms with Crippen molar-refractivity contribution in [3.63, 3.8) is 0 Å². The fourth-order valence-electron chi connectivity index (χ4n) is 6.80. The SMILES string of the molecule is C[C@]12CC[C@H]3[C@@H](CCC4NC(=O)C=C[C@@]43C)[C@@H]1CC[C@@H]2C(N)=O.